The Morgan fingerprint density at radius 3 is 2.44 bits per heavy atom. The molecule has 0 aliphatic heterocycles. The first-order valence-corrected chi connectivity index (χ1v) is 5.27. The van der Waals surface area contributed by atoms with E-state index in [2.05, 4.69) is 15.9 Å². The Bertz CT molecular complexity index is 349. The molecule has 5 nitrogen and oxygen atoms in total. The number of carboxylic acids is 1. The first-order chi connectivity index (χ1) is 7.50. The van der Waals surface area contributed by atoms with Gasteiger partial charge in [0.1, 0.15) is 0 Å². The van der Waals surface area contributed by atoms with Crippen LogP contribution in [-0.2, 0) is 19.0 Å². The number of ether oxygens (including phenoxy) is 3. The average molecular weight is 293 g/mol. The molecular weight excluding hydrogens is 280 g/mol. The van der Waals surface area contributed by atoms with Gasteiger partial charge < -0.3 is 19.3 Å². The number of halogens is 1. The lowest BCUT2D eigenvalue weighted by Crippen LogP contribution is -2.41. The molecule has 0 heterocycles. The number of carboxylic acid groups (broad SMARTS) is 1. The highest BCUT2D eigenvalue weighted by Crippen LogP contribution is 2.40. The molecule has 0 spiro atoms. The summed E-state index contributed by atoms with van der Waals surface area (Å²) >= 11 is 3.24. The van der Waals surface area contributed by atoms with Crippen molar-refractivity contribution in [2.45, 2.75) is 4.51 Å². The summed E-state index contributed by atoms with van der Waals surface area (Å²) in [4.78, 5) is 11.2. The van der Waals surface area contributed by atoms with E-state index in [1.807, 2.05) is 0 Å². The van der Waals surface area contributed by atoms with Gasteiger partial charge in [0, 0.05) is 7.11 Å². The van der Waals surface area contributed by atoms with Gasteiger partial charge in [-0.15, -0.1) is 0 Å². The fourth-order valence-corrected chi connectivity index (χ4v) is 2.08. The number of rotatable bonds is 4. The van der Waals surface area contributed by atoms with Crippen molar-refractivity contribution in [1.29, 1.82) is 0 Å². The molecule has 1 aliphatic carbocycles. The Labute approximate surface area is 102 Å². The van der Waals surface area contributed by atoms with E-state index in [-0.39, 0.29) is 5.76 Å². The fourth-order valence-electron chi connectivity index (χ4n) is 1.54. The molecule has 1 aliphatic rings. The fraction of sp³-hybridized carbons (Fsp3) is 0.500. The van der Waals surface area contributed by atoms with E-state index < -0.39 is 16.4 Å². The number of hydrogen-bond donors (Lipinski definition) is 1. The topological polar surface area (TPSA) is 65.0 Å². The van der Waals surface area contributed by atoms with Crippen molar-refractivity contribution in [3.63, 3.8) is 0 Å². The van der Waals surface area contributed by atoms with Crippen molar-refractivity contribution in [2.24, 2.45) is 5.92 Å². The van der Waals surface area contributed by atoms with Crippen LogP contribution in [0.15, 0.2) is 23.7 Å². The predicted octanol–water partition coefficient (Wildman–Crippen LogP) is 1.50. The van der Waals surface area contributed by atoms with Gasteiger partial charge in [0.05, 0.1) is 14.2 Å². The zero-order valence-electron chi connectivity index (χ0n) is 9.19. The third-order valence-corrected chi connectivity index (χ3v) is 3.41. The van der Waals surface area contributed by atoms with Gasteiger partial charge in [0.15, 0.2) is 21.9 Å². The van der Waals surface area contributed by atoms with Gasteiger partial charge in [0.2, 0.25) is 0 Å². The number of hydrogen-bond acceptors (Lipinski definition) is 4. The predicted molar refractivity (Wildman–Crippen MR) is 60.0 cm³/mol. The summed E-state index contributed by atoms with van der Waals surface area (Å²) in [6, 6.07) is 0. The summed E-state index contributed by atoms with van der Waals surface area (Å²) in [5.74, 6) is -1.46. The molecule has 0 saturated carbocycles. The molecule has 0 aromatic heterocycles. The second-order valence-electron chi connectivity index (χ2n) is 3.14. The van der Waals surface area contributed by atoms with Crippen LogP contribution in [0.2, 0.25) is 0 Å². The highest BCUT2D eigenvalue weighted by Gasteiger charge is 2.47. The Morgan fingerprint density at radius 2 is 2.06 bits per heavy atom. The molecule has 1 rings (SSSR count). The molecule has 0 bridgehead atoms. The normalized spacial score (nSPS) is 29.1. The van der Waals surface area contributed by atoms with Crippen molar-refractivity contribution in [3.05, 3.63) is 23.7 Å². The van der Waals surface area contributed by atoms with E-state index in [1.165, 1.54) is 21.3 Å². The van der Waals surface area contributed by atoms with Crippen molar-refractivity contribution < 1.29 is 24.1 Å². The largest absolute Gasteiger partial charge is 0.496 e. The lowest BCUT2D eigenvalue weighted by molar-refractivity contribution is -0.146. The number of alkyl halides is 1. The number of allylic oxidation sites excluding steroid dienone is 1. The van der Waals surface area contributed by atoms with E-state index in [1.54, 1.807) is 12.2 Å². The molecule has 1 N–H and O–H groups in total. The summed E-state index contributed by atoms with van der Waals surface area (Å²) in [6.07, 6.45) is 3.18. The minimum atomic E-state index is -1.12. The maximum absolute atomic E-state index is 11.2. The van der Waals surface area contributed by atoms with Crippen LogP contribution >= 0.6 is 15.9 Å². The number of aliphatic carboxylic acids is 1. The van der Waals surface area contributed by atoms with Crippen molar-refractivity contribution in [2.75, 3.05) is 21.3 Å². The first kappa shape index (κ1) is 13.1. The molecule has 0 amide bonds. The Hall–Kier alpha value is -1.01. The molecule has 0 aromatic carbocycles. The van der Waals surface area contributed by atoms with Gasteiger partial charge in [-0.3, -0.25) is 4.79 Å². The average Bonchev–Trinajstić information content (AvgIpc) is 2.27. The second kappa shape index (κ2) is 4.88. The molecule has 16 heavy (non-hydrogen) atoms. The van der Waals surface area contributed by atoms with E-state index in [0.717, 1.165) is 0 Å². The van der Waals surface area contributed by atoms with Gasteiger partial charge in [-0.2, -0.15) is 0 Å². The van der Waals surface area contributed by atoms with Gasteiger partial charge in [0.25, 0.3) is 0 Å². The Kier molecular flexibility index (Phi) is 3.98. The Balaban J connectivity index is 3.25. The lowest BCUT2D eigenvalue weighted by atomic mass is 9.94. The molecule has 90 valence electrons. The van der Waals surface area contributed by atoms with Crippen LogP contribution in [0.25, 0.3) is 0 Å². The summed E-state index contributed by atoms with van der Waals surface area (Å²) < 4.78 is 14.2. The minimum Gasteiger partial charge on any atom is -0.496 e. The standard InChI is InChI=1S/C10H13BrO5/c1-14-6-4-5-10(11,16-3)7(9(12)13)8(6)15-2/h4-5,7H,1-3H3,(H,12,13). The van der Waals surface area contributed by atoms with Crippen molar-refractivity contribution in [3.8, 4) is 0 Å². The second-order valence-corrected chi connectivity index (χ2v) is 4.38. The van der Waals surface area contributed by atoms with E-state index in [4.69, 9.17) is 14.2 Å². The summed E-state index contributed by atoms with van der Waals surface area (Å²) in [7, 11) is 4.26. The molecule has 0 radical (unpaired) electrons. The quantitative estimate of drug-likeness (QED) is 0.796. The molecule has 0 saturated heterocycles. The molecule has 2 unspecified atom stereocenters. The molecular formula is C10H13BrO5. The number of carbonyl (C=O) groups is 1. The zero-order valence-corrected chi connectivity index (χ0v) is 10.8. The van der Waals surface area contributed by atoms with Crippen LogP contribution < -0.4 is 0 Å². The van der Waals surface area contributed by atoms with Gasteiger partial charge in [-0.25, -0.2) is 0 Å². The van der Waals surface area contributed by atoms with Crippen LogP contribution in [0.1, 0.15) is 0 Å². The van der Waals surface area contributed by atoms with E-state index in [9.17, 15) is 9.90 Å². The van der Waals surface area contributed by atoms with Crippen LogP contribution in [0.4, 0.5) is 0 Å². The van der Waals surface area contributed by atoms with Crippen LogP contribution in [0, 0.1) is 5.92 Å². The summed E-state index contributed by atoms with van der Waals surface area (Å²) in [5, 5.41) is 9.21. The molecule has 0 aromatic rings. The highest BCUT2D eigenvalue weighted by atomic mass is 79.9. The summed E-state index contributed by atoms with van der Waals surface area (Å²) in [5.41, 5.74) is 0. The zero-order chi connectivity index (χ0) is 12.3. The van der Waals surface area contributed by atoms with Crippen LogP contribution in [-0.4, -0.2) is 36.9 Å². The first-order valence-electron chi connectivity index (χ1n) is 4.48. The summed E-state index contributed by atoms with van der Waals surface area (Å²) in [6.45, 7) is 0. The van der Waals surface area contributed by atoms with Crippen molar-refractivity contribution in [1.82, 2.24) is 0 Å². The Morgan fingerprint density at radius 1 is 1.44 bits per heavy atom. The van der Waals surface area contributed by atoms with Gasteiger partial charge >= 0.3 is 5.97 Å². The minimum absolute atomic E-state index is 0.219. The van der Waals surface area contributed by atoms with Gasteiger partial charge in [-0.05, 0) is 28.1 Å². The van der Waals surface area contributed by atoms with Crippen LogP contribution in [0.5, 0.6) is 0 Å². The van der Waals surface area contributed by atoms with E-state index in [0.29, 0.717) is 5.76 Å². The number of methoxy groups -OCH3 is 3. The maximum atomic E-state index is 11.2. The van der Waals surface area contributed by atoms with E-state index >= 15 is 0 Å². The monoisotopic (exact) mass is 292 g/mol. The molecule has 0 fully saturated rings. The lowest BCUT2D eigenvalue weighted by Gasteiger charge is -2.33. The maximum Gasteiger partial charge on any atom is 0.318 e. The third kappa shape index (κ3) is 2.08. The van der Waals surface area contributed by atoms with Gasteiger partial charge in [-0.1, -0.05) is 0 Å². The molecule has 2 atom stereocenters. The SMILES string of the molecule is COC1=C(OC)C(C(=O)O)C(Br)(OC)C=C1. The molecule has 6 heteroatoms. The third-order valence-electron chi connectivity index (χ3n) is 2.36. The van der Waals surface area contributed by atoms with Crippen LogP contribution in [0.3, 0.4) is 0 Å². The highest BCUT2D eigenvalue weighted by molar-refractivity contribution is 9.10. The smallest absolute Gasteiger partial charge is 0.318 e. The van der Waals surface area contributed by atoms with Crippen molar-refractivity contribution >= 4 is 21.9 Å².